The molecule has 1 aliphatic heterocycles. The van der Waals surface area contributed by atoms with Gasteiger partial charge in [-0.2, -0.15) is 0 Å². The highest BCUT2D eigenvalue weighted by Crippen LogP contribution is 2.27. The number of piperidine rings is 1. The van der Waals surface area contributed by atoms with Crippen molar-refractivity contribution in [2.24, 2.45) is 0 Å². The van der Waals surface area contributed by atoms with E-state index >= 15 is 0 Å². The fraction of sp³-hybridized carbons (Fsp3) is 0.533. The summed E-state index contributed by atoms with van der Waals surface area (Å²) in [7, 11) is 5.22. The second-order valence-corrected chi connectivity index (χ2v) is 5.14. The Hall–Kier alpha value is -1.75. The standard InChI is InChI=1S/C15H22N2O3/c1-17-8-4-5-12(10-17)16-15(18)11-6-7-13(19-2)14(9-11)20-3/h6-7,9,12H,4-5,8,10H2,1-3H3,(H,16,18). The minimum Gasteiger partial charge on any atom is -0.493 e. The zero-order valence-electron chi connectivity index (χ0n) is 12.3. The first-order chi connectivity index (χ1) is 9.63. The zero-order valence-corrected chi connectivity index (χ0v) is 12.3. The molecule has 1 heterocycles. The fourth-order valence-corrected chi connectivity index (χ4v) is 2.53. The summed E-state index contributed by atoms with van der Waals surface area (Å²) >= 11 is 0. The van der Waals surface area contributed by atoms with Crippen molar-refractivity contribution >= 4 is 5.91 Å². The van der Waals surface area contributed by atoms with Crippen LogP contribution in [-0.4, -0.2) is 51.2 Å². The van der Waals surface area contributed by atoms with Crippen molar-refractivity contribution in [2.45, 2.75) is 18.9 Å². The molecular weight excluding hydrogens is 256 g/mol. The minimum atomic E-state index is -0.0637. The van der Waals surface area contributed by atoms with E-state index in [-0.39, 0.29) is 11.9 Å². The smallest absolute Gasteiger partial charge is 0.251 e. The van der Waals surface area contributed by atoms with Gasteiger partial charge in [-0.05, 0) is 44.6 Å². The predicted octanol–water partition coefficient (Wildman–Crippen LogP) is 1.53. The third-order valence-electron chi connectivity index (χ3n) is 3.61. The van der Waals surface area contributed by atoms with E-state index in [2.05, 4.69) is 17.3 Å². The van der Waals surface area contributed by atoms with Gasteiger partial charge in [0.05, 0.1) is 14.2 Å². The van der Waals surface area contributed by atoms with Crippen LogP contribution in [0.25, 0.3) is 0 Å². The summed E-state index contributed by atoms with van der Waals surface area (Å²) in [5, 5.41) is 3.08. The van der Waals surface area contributed by atoms with Crippen LogP contribution in [0.4, 0.5) is 0 Å². The van der Waals surface area contributed by atoms with E-state index in [0.29, 0.717) is 17.1 Å². The molecule has 1 fully saturated rings. The SMILES string of the molecule is COc1ccc(C(=O)NC2CCCN(C)C2)cc1OC. The van der Waals surface area contributed by atoms with E-state index in [1.165, 1.54) is 0 Å². The second-order valence-electron chi connectivity index (χ2n) is 5.14. The maximum atomic E-state index is 12.3. The molecule has 110 valence electrons. The maximum absolute atomic E-state index is 12.3. The van der Waals surface area contributed by atoms with Crippen LogP contribution in [0.15, 0.2) is 18.2 Å². The highest BCUT2D eigenvalue weighted by Gasteiger charge is 2.20. The first kappa shape index (κ1) is 14.7. The van der Waals surface area contributed by atoms with Crippen molar-refractivity contribution in [3.63, 3.8) is 0 Å². The van der Waals surface area contributed by atoms with E-state index in [1.807, 2.05) is 0 Å². The molecule has 0 bridgehead atoms. The largest absolute Gasteiger partial charge is 0.493 e. The van der Waals surface area contributed by atoms with Gasteiger partial charge >= 0.3 is 0 Å². The highest BCUT2D eigenvalue weighted by molar-refractivity contribution is 5.95. The number of methoxy groups -OCH3 is 2. The van der Waals surface area contributed by atoms with Gasteiger partial charge in [-0.15, -0.1) is 0 Å². The summed E-state index contributed by atoms with van der Waals surface area (Å²) in [4.78, 5) is 14.5. The number of ether oxygens (including phenoxy) is 2. The Labute approximate surface area is 119 Å². The van der Waals surface area contributed by atoms with Gasteiger partial charge in [-0.25, -0.2) is 0 Å². The molecule has 5 heteroatoms. The monoisotopic (exact) mass is 278 g/mol. The van der Waals surface area contributed by atoms with Gasteiger partial charge in [0.15, 0.2) is 11.5 Å². The van der Waals surface area contributed by atoms with E-state index in [1.54, 1.807) is 32.4 Å². The summed E-state index contributed by atoms with van der Waals surface area (Å²) in [6, 6.07) is 5.43. The fourth-order valence-electron chi connectivity index (χ4n) is 2.53. The lowest BCUT2D eigenvalue weighted by Crippen LogP contribution is -2.46. The van der Waals surface area contributed by atoms with Crippen molar-refractivity contribution in [2.75, 3.05) is 34.4 Å². The Kier molecular flexibility index (Phi) is 4.84. The number of likely N-dealkylation sites (N-methyl/N-ethyl adjacent to an activating group) is 1. The number of carbonyl (C=O) groups excluding carboxylic acids is 1. The number of hydrogen-bond acceptors (Lipinski definition) is 4. The van der Waals surface area contributed by atoms with Crippen molar-refractivity contribution in [1.29, 1.82) is 0 Å². The predicted molar refractivity (Wildman–Crippen MR) is 77.5 cm³/mol. The van der Waals surface area contributed by atoms with Gasteiger partial charge in [0.2, 0.25) is 0 Å². The molecule has 5 nitrogen and oxygen atoms in total. The molecule has 1 amide bonds. The first-order valence-electron chi connectivity index (χ1n) is 6.85. The Morgan fingerprint density at radius 3 is 2.70 bits per heavy atom. The van der Waals surface area contributed by atoms with Crippen molar-refractivity contribution in [1.82, 2.24) is 10.2 Å². The van der Waals surface area contributed by atoms with E-state index < -0.39 is 0 Å². The van der Waals surface area contributed by atoms with Crippen LogP contribution in [0.5, 0.6) is 11.5 Å². The number of benzene rings is 1. The van der Waals surface area contributed by atoms with Crippen LogP contribution in [0.3, 0.4) is 0 Å². The van der Waals surface area contributed by atoms with Gasteiger partial charge in [0, 0.05) is 18.2 Å². The summed E-state index contributed by atoms with van der Waals surface area (Å²) in [5.41, 5.74) is 0.593. The highest BCUT2D eigenvalue weighted by atomic mass is 16.5. The number of rotatable bonds is 4. The lowest BCUT2D eigenvalue weighted by atomic mass is 10.1. The molecule has 2 rings (SSSR count). The number of likely N-dealkylation sites (tertiary alicyclic amines) is 1. The number of hydrogen-bond donors (Lipinski definition) is 1. The van der Waals surface area contributed by atoms with Crippen LogP contribution < -0.4 is 14.8 Å². The third kappa shape index (κ3) is 3.42. The molecule has 1 saturated heterocycles. The molecule has 0 radical (unpaired) electrons. The summed E-state index contributed by atoms with van der Waals surface area (Å²) in [6.45, 7) is 2.00. The second kappa shape index (κ2) is 6.61. The van der Waals surface area contributed by atoms with Gasteiger partial charge in [-0.3, -0.25) is 4.79 Å². The first-order valence-corrected chi connectivity index (χ1v) is 6.85. The van der Waals surface area contributed by atoms with Crippen LogP contribution in [0, 0.1) is 0 Å². The number of nitrogens with one attached hydrogen (secondary N) is 1. The minimum absolute atomic E-state index is 0.0637. The molecule has 1 N–H and O–H groups in total. The lowest BCUT2D eigenvalue weighted by Gasteiger charge is -2.30. The molecule has 1 unspecified atom stereocenters. The average Bonchev–Trinajstić information content (AvgIpc) is 2.46. The van der Waals surface area contributed by atoms with E-state index in [4.69, 9.17) is 9.47 Å². The molecule has 1 atom stereocenters. The normalized spacial score (nSPS) is 19.4. The van der Waals surface area contributed by atoms with Crippen molar-refractivity contribution in [3.8, 4) is 11.5 Å². The van der Waals surface area contributed by atoms with Gasteiger partial charge < -0.3 is 19.7 Å². The maximum Gasteiger partial charge on any atom is 0.251 e. The summed E-state index contributed by atoms with van der Waals surface area (Å²) < 4.78 is 10.4. The number of carbonyl (C=O) groups is 1. The molecule has 20 heavy (non-hydrogen) atoms. The summed E-state index contributed by atoms with van der Waals surface area (Å²) in [6.07, 6.45) is 2.15. The molecule has 0 spiro atoms. The van der Waals surface area contributed by atoms with E-state index in [9.17, 15) is 4.79 Å². The summed E-state index contributed by atoms with van der Waals surface area (Å²) in [5.74, 6) is 1.13. The van der Waals surface area contributed by atoms with Crippen molar-refractivity contribution < 1.29 is 14.3 Å². The quantitative estimate of drug-likeness (QED) is 0.907. The third-order valence-corrected chi connectivity index (χ3v) is 3.61. The number of amides is 1. The van der Waals surface area contributed by atoms with Crippen LogP contribution in [-0.2, 0) is 0 Å². The Bertz CT molecular complexity index is 476. The van der Waals surface area contributed by atoms with Crippen LogP contribution in [0.2, 0.25) is 0 Å². The van der Waals surface area contributed by atoms with Crippen LogP contribution in [0.1, 0.15) is 23.2 Å². The van der Waals surface area contributed by atoms with Gasteiger partial charge in [0.1, 0.15) is 0 Å². The molecule has 0 aromatic heterocycles. The molecule has 1 aliphatic rings. The van der Waals surface area contributed by atoms with Crippen LogP contribution >= 0.6 is 0 Å². The Morgan fingerprint density at radius 1 is 1.30 bits per heavy atom. The zero-order chi connectivity index (χ0) is 14.5. The topological polar surface area (TPSA) is 50.8 Å². The molecule has 0 saturated carbocycles. The average molecular weight is 278 g/mol. The number of nitrogens with zero attached hydrogens (tertiary/aromatic N) is 1. The van der Waals surface area contributed by atoms with Gasteiger partial charge in [-0.1, -0.05) is 0 Å². The van der Waals surface area contributed by atoms with Crippen molar-refractivity contribution in [3.05, 3.63) is 23.8 Å². The Morgan fingerprint density at radius 2 is 2.05 bits per heavy atom. The molecular formula is C15H22N2O3. The Balaban J connectivity index is 2.05. The lowest BCUT2D eigenvalue weighted by molar-refractivity contribution is 0.0912. The molecule has 0 aliphatic carbocycles. The molecule has 1 aromatic carbocycles. The van der Waals surface area contributed by atoms with Gasteiger partial charge in [0.25, 0.3) is 5.91 Å². The van der Waals surface area contributed by atoms with E-state index in [0.717, 1.165) is 25.9 Å². The molecule has 1 aromatic rings.